The number of nitrogens with zero attached hydrogens (tertiary/aromatic N) is 1. The second-order valence-electron chi connectivity index (χ2n) is 8.95. The van der Waals surface area contributed by atoms with Crippen molar-refractivity contribution in [2.75, 3.05) is 0 Å². The molecule has 1 aliphatic heterocycles. The predicted molar refractivity (Wildman–Crippen MR) is 82.3 cm³/mol. The van der Waals surface area contributed by atoms with E-state index in [-0.39, 0.29) is 40.9 Å². The fraction of sp³-hybridized carbons (Fsp3) is 0.778. The van der Waals surface area contributed by atoms with Gasteiger partial charge >= 0.3 is 0 Å². The van der Waals surface area contributed by atoms with Crippen molar-refractivity contribution in [1.82, 2.24) is 4.90 Å². The second kappa shape index (κ2) is 4.21. The van der Waals surface area contributed by atoms with Crippen molar-refractivity contribution in [1.29, 1.82) is 0 Å². The minimum absolute atomic E-state index is 0.0661. The van der Waals surface area contributed by atoms with E-state index in [4.69, 9.17) is 0 Å². The Bertz CT molecular complexity index is 532. The van der Waals surface area contributed by atoms with Crippen molar-refractivity contribution in [3.8, 4) is 0 Å². The number of hydrogen-bond donors (Lipinski definition) is 0. The molecule has 4 unspecified atom stereocenters. The summed E-state index contributed by atoms with van der Waals surface area (Å²) in [6.07, 6.45) is 4.45. The zero-order chi connectivity index (χ0) is 15.7. The van der Waals surface area contributed by atoms with Gasteiger partial charge in [-0.15, -0.1) is 0 Å². The Morgan fingerprint density at radius 3 is 2.05 bits per heavy atom. The average molecular weight is 289 g/mol. The standard InChI is InChI=1S/C18H27NO2/c1-17(2,3)12-9-10-7-8-11(12)14-13(10)15(20)19(16(14)21)18(4,5)6/h9-11,13-14H,7-8H2,1-6H3. The SMILES string of the molecule is CC(C)(C)C1=CC2CCC1C1C(=O)N(C(C)(C)C)C(=O)C21. The molecule has 0 radical (unpaired) electrons. The van der Waals surface area contributed by atoms with Crippen LogP contribution >= 0.6 is 0 Å². The van der Waals surface area contributed by atoms with Gasteiger partial charge < -0.3 is 0 Å². The Morgan fingerprint density at radius 1 is 0.952 bits per heavy atom. The third kappa shape index (κ3) is 2.00. The van der Waals surface area contributed by atoms with E-state index in [1.54, 1.807) is 4.90 Å². The first kappa shape index (κ1) is 14.8. The summed E-state index contributed by atoms with van der Waals surface area (Å²) in [5, 5.41) is 0. The summed E-state index contributed by atoms with van der Waals surface area (Å²) in [5.74, 6) is 0.469. The van der Waals surface area contributed by atoms with Crippen LogP contribution in [0, 0.1) is 29.1 Å². The lowest BCUT2D eigenvalue weighted by atomic mass is 9.56. The van der Waals surface area contributed by atoms with Gasteiger partial charge in [0.25, 0.3) is 0 Å². The van der Waals surface area contributed by atoms with E-state index in [9.17, 15) is 9.59 Å². The van der Waals surface area contributed by atoms with Gasteiger partial charge in [0.1, 0.15) is 0 Å². The summed E-state index contributed by atoms with van der Waals surface area (Å²) in [6.45, 7) is 12.5. The van der Waals surface area contributed by atoms with Crippen LogP contribution in [-0.2, 0) is 9.59 Å². The Morgan fingerprint density at radius 2 is 1.52 bits per heavy atom. The molecular weight excluding hydrogens is 262 g/mol. The molecule has 3 nitrogen and oxygen atoms in total. The largest absolute Gasteiger partial charge is 0.277 e. The molecule has 0 aromatic heterocycles. The highest BCUT2D eigenvalue weighted by atomic mass is 16.2. The third-order valence-corrected chi connectivity index (χ3v) is 5.43. The molecule has 0 spiro atoms. The van der Waals surface area contributed by atoms with Gasteiger partial charge in [-0.05, 0) is 50.9 Å². The number of carbonyl (C=O) groups is 2. The molecular formula is C18H27NO2. The molecule has 2 bridgehead atoms. The number of rotatable bonds is 0. The van der Waals surface area contributed by atoms with E-state index >= 15 is 0 Å². The van der Waals surface area contributed by atoms with Gasteiger partial charge in [-0.1, -0.05) is 32.4 Å². The van der Waals surface area contributed by atoms with E-state index in [0.29, 0.717) is 0 Å². The molecule has 2 amide bonds. The molecule has 4 aliphatic rings. The number of allylic oxidation sites excluding steroid dienone is 2. The van der Waals surface area contributed by atoms with Gasteiger partial charge in [-0.3, -0.25) is 14.5 Å². The van der Waals surface area contributed by atoms with Crippen LogP contribution in [0.25, 0.3) is 0 Å². The zero-order valence-electron chi connectivity index (χ0n) is 14.1. The van der Waals surface area contributed by atoms with Gasteiger partial charge in [0.2, 0.25) is 11.8 Å². The monoisotopic (exact) mass is 289 g/mol. The van der Waals surface area contributed by atoms with Crippen LogP contribution in [0.3, 0.4) is 0 Å². The minimum Gasteiger partial charge on any atom is -0.277 e. The maximum atomic E-state index is 12.9. The van der Waals surface area contributed by atoms with E-state index in [1.807, 2.05) is 20.8 Å². The lowest BCUT2D eigenvalue weighted by molar-refractivity contribution is -0.145. The van der Waals surface area contributed by atoms with Crippen LogP contribution in [0.15, 0.2) is 11.6 Å². The van der Waals surface area contributed by atoms with Crippen molar-refractivity contribution >= 4 is 11.8 Å². The van der Waals surface area contributed by atoms with Crippen LogP contribution in [-0.4, -0.2) is 22.3 Å². The van der Waals surface area contributed by atoms with Crippen LogP contribution in [0.4, 0.5) is 0 Å². The molecule has 1 heterocycles. The van der Waals surface area contributed by atoms with Crippen LogP contribution in [0.1, 0.15) is 54.4 Å². The van der Waals surface area contributed by atoms with E-state index in [0.717, 1.165) is 12.8 Å². The van der Waals surface area contributed by atoms with E-state index in [2.05, 4.69) is 26.8 Å². The molecule has 2 fully saturated rings. The average Bonchev–Trinajstić information content (AvgIpc) is 2.62. The highest BCUT2D eigenvalue weighted by Crippen LogP contribution is 2.56. The van der Waals surface area contributed by atoms with Crippen LogP contribution in [0.5, 0.6) is 0 Å². The molecule has 0 aromatic carbocycles. The minimum atomic E-state index is -0.410. The van der Waals surface area contributed by atoms with E-state index < -0.39 is 5.54 Å². The molecule has 0 N–H and O–H groups in total. The first-order chi connectivity index (χ1) is 9.53. The molecule has 4 rings (SSSR count). The normalized spacial score (nSPS) is 36.1. The molecule has 1 saturated heterocycles. The summed E-state index contributed by atoms with van der Waals surface area (Å²) >= 11 is 0. The summed E-state index contributed by atoms with van der Waals surface area (Å²) in [6, 6.07) is 0. The lowest BCUT2D eigenvalue weighted by Crippen LogP contribution is -2.46. The fourth-order valence-electron chi connectivity index (χ4n) is 4.67. The fourth-order valence-corrected chi connectivity index (χ4v) is 4.67. The van der Waals surface area contributed by atoms with Crippen LogP contribution < -0.4 is 0 Å². The van der Waals surface area contributed by atoms with Crippen molar-refractivity contribution in [2.45, 2.75) is 59.9 Å². The van der Waals surface area contributed by atoms with Gasteiger partial charge in [0.15, 0.2) is 0 Å². The topological polar surface area (TPSA) is 37.4 Å². The number of carbonyl (C=O) groups excluding carboxylic acids is 2. The van der Waals surface area contributed by atoms with E-state index in [1.165, 1.54) is 5.57 Å². The van der Waals surface area contributed by atoms with Gasteiger partial charge in [-0.2, -0.15) is 0 Å². The molecule has 116 valence electrons. The summed E-state index contributed by atoms with van der Waals surface area (Å²) < 4.78 is 0. The number of hydrogen-bond acceptors (Lipinski definition) is 2. The lowest BCUT2D eigenvalue weighted by Gasteiger charge is -2.46. The van der Waals surface area contributed by atoms with Gasteiger partial charge in [0, 0.05) is 5.54 Å². The van der Waals surface area contributed by atoms with Crippen molar-refractivity contribution in [2.24, 2.45) is 29.1 Å². The predicted octanol–water partition coefficient (Wildman–Crippen LogP) is 3.40. The number of amides is 2. The first-order valence-electron chi connectivity index (χ1n) is 8.13. The molecule has 0 aromatic rings. The Labute approximate surface area is 127 Å². The highest BCUT2D eigenvalue weighted by molar-refractivity contribution is 6.06. The molecule has 21 heavy (non-hydrogen) atoms. The Hall–Kier alpha value is -1.12. The maximum Gasteiger partial charge on any atom is 0.234 e. The molecule has 4 atom stereocenters. The van der Waals surface area contributed by atoms with Crippen molar-refractivity contribution < 1.29 is 9.59 Å². The molecule has 1 saturated carbocycles. The Balaban J connectivity index is 2.04. The quantitative estimate of drug-likeness (QED) is 0.506. The summed E-state index contributed by atoms with van der Waals surface area (Å²) in [7, 11) is 0. The molecule has 3 heteroatoms. The van der Waals surface area contributed by atoms with Gasteiger partial charge in [-0.25, -0.2) is 0 Å². The number of fused-ring (bicyclic) bond motifs is 1. The summed E-state index contributed by atoms with van der Waals surface area (Å²) in [5.41, 5.74) is 1.08. The first-order valence-corrected chi connectivity index (χ1v) is 8.13. The van der Waals surface area contributed by atoms with Gasteiger partial charge in [0.05, 0.1) is 11.8 Å². The smallest absolute Gasteiger partial charge is 0.234 e. The summed E-state index contributed by atoms with van der Waals surface area (Å²) in [4.78, 5) is 27.3. The molecule has 3 aliphatic carbocycles. The highest BCUT2D eigenvalue weighted by Gasteiger charge is 2.60. The van der Waals surface area contributed by atoms with Crippen molar-refractivity contribution in [3.63, 3.8) is 0 Å². The zero-order valence-corrected chi connectivity index (χ0v) is 14.1. The third-order valence-electron chi connectivity index (χ3n) is 5.43. The van der Waals surface area contributed by atoms with Crippen LogP contribution in [0.2, 0.25) is 0 Å². The maximum absolute atomic E-state index is 12.9. The Kier molecular flexibility index (Phi) is 2.96. The van der Waals surface area contributed by atoms with Crippen molar-refractivity contribution in [3.05, 3.63) is 11.6 Å². The number of imide groups is 1. The number of likely N-dealkylation sites (tertiary alicyclic amines) is 1. The second-order valence-corrected chi connectivity index (χ2v) is 8.95.